The van der Waals surface area contributed by atoms with E-state index in [2.05, 4.69) is 0 Å². The topological polar surface area (TPSA) is 89.6 Å². The molecule has 0 aliphatic carbocycles. The fourth-order valence-electron chi connectivity index (χ4n) is 2.74. The molecule has 3 rings (SSSR count). The monoisotopic (exact) mass is 375 g/mol. The van der Waals surface area contributed by atoms with Crippen LogP contribution in [0.25, 0.3) is 0 Å². The van der Waals surface area contributed by atoms with Gasteiger partial charge >= 0.3 is 5.97 Å². The second-order valence-corrected chi connectivity index (χ2v) is 6.47. The van der Waals surface area contributed by atoms with Gasteiger partial charge in [-0.1, -0.05) is 54.6 Å². The number of hydrogen-bond acceptors (Lipinski definition) is 4. The first-order valence-electron chi connectivity index (χ1n) is 8.92. The summed E-state index contributed by atoms with van der Waals surface area (Å²) >= 11 is 0. The number of carbonyl (C=O) groups is 2. The lowest BCUT2D eigenvalue weighted by Crippen LogP contribution is -2.32. The van der Waals surface area contributed by atoms with Gasteiger partial charge in [-0.3, -0.25) is 9.59 Å². The van der Waals surface area contributed by atoms with Crippen LogP contribution in [0.4, 0.5) is 0 Å². The molecule has 28 heavy (non-hydrogen) atoms. The summed E-state index contributed by atoms with van der Waals surface area (Å²) in [5.41, 5.74) is 8.47. The van der Waals surface area contributed by atoms with Crippen LogP contribution in [0.5, 0.6) is 5.75 Å². The summed E-state index contributed by atoms with van der Waals surface area (Å²) in [5, 5.41) is 8.87. The number of carboxylic acids is 1. The number of carboxylic acid groups (broad SMARTS) is 1. The summed E-state index contributed by atoms with van der Waals surface area (Å²) in [6, 6.07) is 22.7. The third kappa shape index (κ3) is 5.05. The van der Waals surface area contributed by atoms with Gasteiger partial charge in [-0.05, 0) is 41.8 Å². The summed E-state index contributed by atoms with van der Waals surface area (Å²) in [4.78, 5) is 23.4. The lowest BCUT2D eigenvalue weighted by molar-refractivity contribution is -0.138. The van der Waals surface area contributed by atoms with Gasteiger partial charge in [-0.2, -0.15) is 0 Å². The van der Waals surface area contributed by atoms with Gasteiger partial charge in [-0.25, -0.2) is 0 Å². The molecule has 0 aromatic heterocycles. The van der Waals surface area contributed by atoms with Crippen molar-refractivity contribution in [1.82, 2.24) is 0 Å². The predicted molar refractivity (Wildman–Crippen MR) is 106 cm³/mol. The van der Waals surface area contributed by atoms with E-state index in [1.54, 1.807) is 48.5 Å². The maximum absolute atomic E-state index is 12.6. The Kier molecular flexibility index (Phi) is 6.19. The Morgan fingerprint density at radius 1 is 0.821 bits per heavy atom. The van der Waals surface area contributed by atoms with Gasteiger partial charge in [0, 0.05) is 11.1 Å². The van der Waals surface area contributed by atoms with Crippen molar-refractivity contribution in [2.75, 3.05) is 0 Å². The Labute approximate surface area is 163 Å². The molecule has 0 radical (unpaired) electrons. The number of aliphatic carboxylic acids is 1. The van der Waals surface area contributed by atoms with Crippen molar-refractivity contribution < 1.29 is 19.4 Å². The molecular formula is C23H21NO4. The second-order valence-electron chi connectivity index (χ2n) is 6.47. The SMILES string of the molecule is N[C@@H](Cc1ccc(C(=O)c2ccc(OCc3ccccc3)cc2)cc1)C(=O)O. The molecule has 5 heteroatoms. The number of ketones is 1. The lowest BCUT2D eigenvalue weighted by Gasteiger charge is -2.08. The van der Waals surface area contributed by atoms with Gasteiger partial charge in [0.2, 0.25) is 0 Å². The fourth-order valence-corrected chi connectivity index (χ4v) is 2.74. The van der Waals surface area contributed by atoms with Crippen LogP contribution in [0.2, 0.25) is 0 Å². The zero-order valence-electron chi connectivity index (χ0n) is 15.2. The van der Waals surface area contributed by atoms with E-state index in [4.69, 9.17) is 15.6 Å². The summed E-state index contributed by atoms with van der Waals surface area (Å²) in [7, 11) is 0. The Balaban J connectivity index is 1.61. The Morgan fingerprint density at radius 2 is 1.39 bits per heavy atom. The van der Waals surface area contributed by atoms with Crippen LogP contribution < -0.4 is 10.5 Å². The average Bonchev–Trinajstić information content (AvgIpc) is 2.73. The summed E-state index contributed by atoms with van der Waals surface area (Å²) in [6.45, 7) is 0.466. The third-order valence-corrected chi connectivity index (χ3v) is 4.35. The molecule has 3 aromatic rings. The summed E-state index contributed by atoms with van der Waals surface area (Å²) in [6.07, 6.45) is 0.219. The molecule has 142 valence electrons. The Bertz CT molecular complexity index is 935. The lowest BCUT2D eigenvalue weighted by atomic mass is 10.00. The molecule has 5 nitrogen and oxygen atoms in total. The first-order valence-corrected chi connectivity index (χ1v) is 8.92. The third-order valence-electron chi connectivity index (χ3n) is 4.35. The molecule has 0 bridgehead atoms. The minimum absolute atomic E-state index is 0.108. The van der Waals surface area contributed by atoms with Crippen molar-refractivity contribution >= 4 is 11.8 Å². The molecule has 0 saturated heterocycles. The van der Waals surface area contributed by atoms with Gasteiger partial charge in [-0.15, -0.1) is 0 Å². The highest BCUT2D eigenvalue weighted by molar-refractivity contribution is 6.09. The van der Waals surface area contributed by atoms with Crippen molar-refractivity contribution in [3.8, 4) is 5.75 Å². The van der Waals surface area contributed by atoms with Crippen LogP contribution in [0.1, 0.15) is 27.0 Å². The van der Waals surface area contributed by atoms with Crippen molar-refractivity contribution in [2.45, 2.75) is 19.1 Å². The smallest absolute Gasteiger partial charge is 0.320 e. The average molecular weight is 375 g/mol. The first-order chi connectivity index (χ1) is 13.5. The maximum Gasteiger partial charge on any atom is 0.320 e. The molecule has 0 aliphatic rings. The summed E-state index contributed by atoms with van der Waals surface area (Å²) < 4.78 is 5.73. The standard InChI is InChI=1S/C23H21NO4/c24-21(23(26)27)14-16-6-8-18(9-7-16)22(25)19-10-12-20(13-11-19)28-15-17-4-2-1-3-5-17/h1-13,21H,14-15,24H2,(H,26,27)/t21-/m0/s1. The number of ether oxygens (including phenoxy) is 1. The number of rotatable bonds is 8. The van der Waals surface area contributed by atoms with E-state index in [1.807, 2.05) is 30.3 Å². The van der Waals surface area contributed by atoms with Crippen LogP contribution in [-0.4, -0.2) is 22.9 Å². The largest absolute Gasteiger partial charge is 0.489 e. The maximum atomic E-state index is 12.6. The molecule has 0 heterocycles. The number of hydrogen-bond donors (Lipinski definition) is 2. The molecule has 0 saturated carbocycles. The van der Waals surface area contributed by atoms with E-state index in [-0.39, 0.29) is 12.2 Å². The number of benzene rings is 3. The molecular weight excluding hydrogens is 354 g/mol. The normalized spacial score (nSPS) is 11.6. The van der Waals surface area contributed by atoms with Gasteiger partial charge in [0.1, 0.15) is 18.4 Å². The van der Waals surface area contributed by atoms with E-state index >= 15 is 0 Å². The van der Waals surface area contributed by atoms with Crippen LogP contribution >= 0.6 is 0 Å². The minimum atomic E-state index is -1.05. The molecule has 0 fully saturated rings. The van der Waals surface area contributed by atoms with Crippen molar-refractivity contribution in [3.63, 3.8) is 0 Å². The van der Waals surface area contributed by atoms with E-state index in [1.165, 1.54) is 0 Å². The number of nitrogens with two attached hydrogens (primary N) is 1. The molecule has 0 spiro atoms. The van der Waals surface area contributed by atoms with Gasteiger partial charge < -0.3 is 15.6 Å². The molecule has 3 N–H and O–H groups in total. The van der Waals surface area contributed by atoms with Crippen LogP contribution in [0, 0.1) is 0 Å². The van der Waals surface area contributed by atoms with E-state index in [0.717, 1.165) is 11.1 Å². The van der Waals surface area contributed by atoms with Gasteiger partial charge in [0.05, 0.1) is 0 Å². The van der Waals surface area contributed by atoms with E-state index < -0.39 is 12.0 Å². The predicted octanol–water partition coefficient (Wildman–Crippen LogP) is 3.45. The van der Waals surface area contributed by atoms with Gasteiger partial charge in [0.25, 0.3) is 0 Å². The Hall–Kier alpha value is -3.44. The highest BCUT2D eigenvalue weighted by Crippen LogP contribution is 2.17. The molecule has 0 aliphatic heterocycles. The highest BCUT2D eigenvalue weighted by Gasteiger charge is 2.13. The molecule has 1 atom stereocenters. The van der Waals surface area contributed by atoms with E-state index in [9.17, 15) is 9.59 Å². The second kappa shape index (κ2) is 8.97. The van der Waals surface area contributed by atoms with Crippen molar-refractivity contribution in [2.24, 2.45) is 5.73 Å². The zero-order valence-corrected chi connectivity index (χ0v) is 15.2. The van der Waals surface area contributed by atoms with Crippen LogP contribution in [0.15, 0.2) is 78.9 Å². The zero-order chi connectivity index (χ0) is 19.9. The van der Waals surface area contributed by atoms with E-state index in [0.29, 0.717) is 23.5 Å². The van der Waals surface area contributed by atoms with Gasteiger partial charge in [0.15, 0.2) is 5.78 Å². The highest BCUT2D eigenvalue weighted by atomic mass is 16.5. The van der Waals surface area contributed by atoms with Crippen LogP contribution in [-0.2, 0) is 17.8 Å². The first kappa shape index (κ1) is 19.3. The molecule has 3 aromatic carbocycles. The van der Waals surface area contributed by atoms with Crippen molar-refractivity contribution in [1.29, 1.82) is 0 Å². The molecule has 0 unspecified atom stereocenters. The quantitative estimate of drug-likeness (QED) is 0.589. The minimum Gasteiger partial charge on any atom is -0.489 e. The Morgan fingerprint density at radius 3 is 1.96 bits per heavy atom. The summed E-state index contributed by atoms with van der Waals surface area (Å²) in [5.74, 6) is -0.461. The molecule has 0 amide bonds. The number of carbonyl (C=O) groups excluding carboxylic acids is 1. The van der Waals surface area contributed by atoms with Crippen LogP contribution in [0.3, 0.4) is 0 Å². The fraction of sp³-hybridized carbons (Fsp3) is 0.130. The van der Waals surface area contributed by atoms with Crippen molar-refractivity contribution in [3.05, 3.63) is 101 Å².